The van der Waals surface area contributed by atoms with E-state index in [1.165, 1.54) is 10.7 Å². The zero-order valence-electron chi connectivity index (χ0n) is 10.3. The van der Waals surface area contributed by atoms with E-state index in [1.54, 1.807) is 30.6 Å². The van der Waals surface area contributed by atoms with E-state index in [0.717, 1.165) is 0 Å². The minimum Gasteiger partial charge on any atom is -0.365 e. The molecule has 0 unspecified atom stereocenters. The number of terminal acetylenes is 1. The molecule has 0 aliphatic carbocycles. The number of rotatable bonds is 2. The summed E-state index contributed by atoms with van der Waals surface area (Å²) in [5.74, 6) is 1.88. The summed E-state index contributed by atoms with van der Waals surface area (Å²) in [6.45, 7) is 0. The molecule has 0 aromatic carbocycles. The van der Waals surface area contributed by atoms with Gasteiger partial charge in [-0.05, 0) is 18.2 Å². The fourth-order valence-corrected chi connectivity index (χ4v) is 1.91. The summed E-state index contributed by atoms with van der Waals surface area (Å²) >= 11 is 0. The van der Waals surface area contributed by atoms with Gasteiger partial charge in [0, 0.05) is 24.2 Å². The number of fused-ring (bicyclic) bond motifs is 1. The lowest BCUT2D eigenvalue weighted by molar-refractivity contribution is 0.100. The number of amides is 1. The van der Waals surface area contributed by atoms with Crippen molar-refractivity contribution in [1.82, 2.24) is 19.6 Å². The molecule has 96 valence electrons. The van der Waals surface area contributed by atoms with Crippen LogP contribution in [0, 0.1) is 12.3 Å². The van der Waals surface area contributed by atoms with E-state index < -0.39 is 5.91 Å². The quantitative estimate of drug-likeness (QED) is 0.695. The molecule has 6 nitrogen and oxygen atoms in total. The summed E-state index contributed by atoms with van der Waals surface area (Å²) in [6.07, 6.45) is 10.1. The second-order valence-electron chi connectivity index (χ2n) is 4.05. The zero-order valence-corrected chi connectivity index (χ0v) is 10.3. The van der Waals surface area contributed by atoms with Crippen molar-refractivity contribution in [2.75, 3.05) is 0 Å². The lowest BCUT2D eigenvalue weighted by Crippen LogP contribution is -2.12. The molecule has 0 aliphatic rings. The maximum atomic E-state index is 11.7. The summed E-state index contributed by atoms with van der Waals surface area (Å²) in [7, 11) is 0. The minimum atomic E-state index is -0.600. The molecule has 1 amide bonds. The maximum Gasteiger partial charge on any atom is 0.254 e. The molecule has 6 heteroatoms. The van der Waals surface area contributed by atoms with Gasteiger partial charge in [0.05, 0.1) is 5.69 Å². The van der Waals surface area contributed by atoms with Gasteiger partial charge in [0.1, 0.15) is 11.3 Å². The molecule has 0 saturated carbocycles. The molecule has 3 rings (SSSR count). The van der Waals surface area contributed by atoms with Gasteiger partial charge in [-0.1, -0.05) is 5.92 Å². The highest BCUT2D eigenvalue weighted by Crippen LogP contribution is 2.23. The van der Waals surface area contributed by atoms with Crippen LogP contribution >= 0.6 is 0 Å². The van der Waals surface area contributed by atoms with Crippen LogP contribution in [0.3, 0.4) is 0 Å². The summed E-state index contributed by atoms with van der Waals surface area (Å²) in [5, 5.41) is 4.30. The highest BCUT2D eigenvalue weighted by molar-refractivity contribution is 6.04. The Labute approximate surface area is 114 Å². The summed E-state index contributed by atoms with van der Waals surface area (Å²) in [5.41, 5.74) is 7.62. The molecular formula is C14H9N5O. The predicted octanol–water partition coefficient (Wildman–Crippen LogP) is 0.871. The second kappa shape index (κ2) is 4.48. The van der Waals surface area contributed by atoms with Crippen LogP contribution in [-0.2, 0) is 0 Å². The summed E-state index contributed by atoms with van der Waals surface area (Å²) in [6, 6.07) is 5.14. The first-order chi connectivity index (χ1) is 9.70. The van der Waals surface area contributed by atoms with Crippen LogP contribution < -0.4 is 5.73 Å². The Balaban J connectivity index is 2.27. The summed E-state index contributed by atoms with van der Waals surface area (Å²) < 4.78 is 1.49. The highest BCUT2D eigenvalue weighted by atomic mass is 16.1. The number of primary amides is 1. The monoisotopic (exact) mass is 263 g/mol. The third-order valence-corrected chi connectivity index (χ3v) is 2.81. The Morgan fingerprint density at radius 3 is 2.85 bits per heavy atom. The van der Waals surface area contributed by atoms with Crippen molar-refractivity contribution in [2.24, 2.45) is 5.73 Å². The first kappa shape index (κ1) is 11.9. The van der Waals surface area contributed by atoms with Gasteiger partial charge < -0.3 is 5.73 Å². The van der Waals surface area contributed by atoms with Crippen molar-refractivity contribution in [3.63, 3.8) is 0 Å². The molecule has 3 heterocycles. The van der Waals surface area contributed by atoms with E-state index in [9.17, 15) is 4.79 Å². The second-order valence-corrected chi connectivity index (χ2v) is 4.05. The van der Waals surface area contributed by atoms with Crippen molar-refractivity contribution in [3.8, 4) is 23.7 Å². The molecule has 0 saturated heterocycles. The number of nitrogens with two attached hydrogens (primary N) is 1. The standard InChI is InChI=1S/C14H9N5O/c1-2-9-4-5-10(17-8-9)12-11(13(15)20)14-16-6-3-7-19(14)18-12/h1,3-8H,(H2,15,20). The van der Waals surface area contributed by atoms with E-state index in [0.29, 0.717) is 22.6 Å². The molecule has 0 spiro atoms. The molecular weight excluding hydrogens is 254 g/mol. The topological polar surface area (TPSA) is 86.2 Å². The largest absolute Gasteiger partial charge is 0.365 e. The highest BCUT2D eigenvalue weighted by Gasteiger charge is 2.20. The van der Waals surface area contributed by atoms with Crippen molar-refractivity contribution < 1.29 is 4.79 Å². The number of carbonyl (C=O) groups excluding carboxylic acids is 1. The van der Waals surface area contributed by atoms with Crippen LogP contribution in [0.1, 0.15) is 15.9 Å². The van der Waals surface area contributed by atoms with Crippen LogP contribution in [0.5, 0.6) is 0 Å². The number of hydrogen-bond donors (Lipinski definition) is 1. The third kappa shape index (κ3) is 1.78. The van der Waals surface area contributed by atoms with Gasteiger partial charge in [0.2, 0.25) is 0 Å². The molecule has 0 fully saturated rings. The molecule has 3 aromatic heterocycles. The first-order valence-corrected chi connectivity index (χ1v) is 5.77. The minimum absolute atomic E-state index is 0.242. The lowest BCUT2D eigenvalue weighted by atomic mass is 10.1. The van der Waals surface area contributed by atoms with Gasteiger partial charge in [-0.15, -0.1) is 6.42 Å². The van der Waals surface area contributed by atoms with Crippen molar-refractivity contribution in [2.45, 2.75) is 0 Å². The third-order valence-electron chi connectivity index (χ3n) is 2.81. The SMILES string of the molecule is C#Cc1ccc(-c2nn3cccnc3c2C(N)=O)nc1. The van der Waals surface area contributed by atoms with Crippen LogP contribution in [0.2, 0.25) is 0 Å². The van der Waals surface area contributed by atoms with Gasteiger partial charge in [-0.2, -0.15) is 5.10 Å². The fraction of sp³-hybridized carbons (Fsp3) is 0. The molecule has 20 heavy (non-hydrogen) atoms. The van der Waals surface area contributed by atoms with Crippen LogP contribution in [-0.4, -0.2) is 25.5 Å². The van der Waals surface area contributed by atoms with Gasteiger partial charge in [-0.25, -0.2) is 9.50 Å². The van der Waals surface area contributed by atoms with Crippen molar-refractivity contribution in [3.05, 3.63) is 47.9 Å². The fourth-order valence-electron chi connectivity index (χ4n) is 1.91. The predicted molar refractivity (Wildman–Crippen MR) is 72.7 cm³/mol. The van der Waals surface area contributed by atoms with Crippen molar-refractivity contribution in [1.29, 1.82) is 0 Å². The molecule has 3 aromatic rings. The van der Waals surface area contributed by atoms with Crippen molar-refractivity contribution >= 4 is 11.6 Å². The van der Waals surface area contributed by atoms with Gasteiger partial charge in [0.15, 0.2) is 5.65 Å². The zero-order chi connectivity index (χ0) is 14.1. The number of pyridine rings is 1. The number of nitrogens with zero attached hydrogens (tertiary/aromatic N) is 4. The van der Waals surface area contributed by atoms with Gasteiger partial charge in [-0.3, -0.25) is 9.78 Å². The summed E-state index contributed by atoms with van der Waals surface area (Å²) in [4.78, 5) is 20.0. The average molecular weight is 263 g/mol. The smallest absolute Gasteiger partial charge is 0.254 e. The number of hydrogen-bond acceptors (Lipinski definition) is 4. The Hall–Kier alpha value is -3.20. The van der Waals surface area contributed by atoms with Gasteiger partial charge >= 0.3 is 0 Å². The molecule has 2 N–H and O–H groups in total. The Morgan fingerprint density at radius 2 is 2.20 bits per heavy atom. The maximum absolute atomic E-state index is 11.7. The molecule has 0 aliphatic heterocycles. The van der Waals surface area contributed by atoms with Crippen LogP contribution in [0.25, 0.3) is 17.0 Å². The Morgan fingerprint density at radius 1 is 1.35 bits per heavy atom. The Bertz CT molecular complexity index is 842. The van der Waals surface area contributed by atoms with E-state index >= 15 is 0 Å². The van der Waals surface area contributed by atoms with E-state index in [4.69, 9.17) is 12.2 Å². The van der Waals surface area contributed by atoms with E-state index in [2.05, 4.69) is 21.0 Å². The van der Waals surface area contributed by atoms with E-state index in [-0.39, 0.29) is 5.56 Å². The Kier molecular flexibility index (Phi) is 2.66. The average Bonchev–Trinajstić information content (AvgIpc) is 2.86. The van der Waals surface area contributed by atoms with Gasteiger partial charge in [0.25, 0.3) is 5.91 Å². The lowest BCUT2D eigenvalue weighted by Gasteiger charge is -1.98. The van der Waals surface area contributed by atoms with E-state index in [1.807, 2.05) is 0 Å². The number of carbonyl (C=O) groups is 1. The number of aromatic nitrogens is 4. The van der Waals surface area contributed by atoms with Crippen LogP contribution in [0.4, 0.5) is 0 Å². The normalized spacial score (nSPS) is 10.3. The van der Waals surface area contributed by atoms with Crippen LogP contribution in [0.15, 0.2) is 36.8 Å². The molecule has 0 bridgehead atoms. The first-order valence-electron chi connectivity index (χ1n) is 5.77. The molecule has 0 atom stereocenters. The molecule has 0 radical (unpaired) electrons.